The van der Waals surface area contributed by atoms with Gasteiger partial charge in [-0.25, -0.2) is 0 Å². The van der Waals surface area contributed by atoms with Crippen molar-refractivity contribution in [2.75, 3.05) is 45.8 Å². The topological polar surface area (TPSA) is 64.1 Å². The van der Waals surface area contributed by atoms with Gasteiger partial charge in [0.25, 0.3) is 0 Å². The molecule has 23 heavy (non-hydrogen) atoms. The molecule has 0 aromatic carbocycles. The van der Waals surface area contributed by atoms with E-state index in [2.05, 4.69) is 11.8 Å². The molecule has 2 saturated heterocycles. The van der Waals surface area contributed by atoms with Crippen LogP contribution >= 0.6 is 0 Å². The second-order valence-electron chi connectivity index (χ2n) is 7.03. The van der Waals surface area contributed by atoms with E-state index >= 15 is 0 Å². The number of hydrogen-bond acceptors (Lipinski definition) is 4. The van der Waals surface area contributed by atoms with Crippen LogP contribution in [0.15, 0.2) is 0 Å². The van der Waals surface area contributed by atoms with E-state index in [0.717, 1.165) is 64.3 Å². The predicted molar refractivity (Wildman–Crippen MR) is 89.3 cm³/mol. The van der Waals surface area contributed by atoms with Gasteiger partial charge < -0.3 is 10.0 Å². The lowest BCUT2D eigenvalue weighted by atomic mass is 9.99. The molecule has 2 aliphatic heterocycles. The van der Waals surface area contributed by atoms with Crippen molar-refractivity contribution >= 4 is 11.9 Å². The fourth-order valence-electron chi connectivity index (χ4n) is 3.66. The molecular formula is C17H31N3O3. The maximum Gasteiger partial charge on any atom is 0.317 e. The minimum Gasteiger partial charge on any atom is -0.480 e. The molecule has 6 nitrogen and oxygen atoms in total. The maximum absolute atomic E-state index is 12.4. The van der Waals surface area contributed by atoms with Crippen molar-refractivity contribution in [3.05, 3.63) is 0 Å². The van der Waals surface area contributed by atoms with E-state index in [9.17, 15) is 9.59 Å². The third-order valence-corrected chi connectivity index (χ3v) is 5.31. The molecule has 2 rings (SSSR count). The summed E-state index contributed by atoms with van der Waals surface area (Å²) in [7, 11) is 0. The van der Waals surface area contributed by atoms with Crippen molar-refractivity contribution in [2.45, 2.75) is 45.6 Å². The first-order valence-corrected chi connectivity index (χ1v) is 8.95. The number of nitrogens with zero attached hydrogens (tertiary/aromatic N) is 3. The van der Waals surface area contributed by atoms with E-state index in [0.29, 0.717) is 12.6 Å². The molecule has 0 aliphatic carbocycles. The molecular weight excluding hydrogens is 294 g/mol. The molecule has 0 aromatic rings. The van der Waals surface area contributed by atoms with Crippen molar-refractivity contribution in [1.82, 2.24) is 14.7 Å². The number of rotatable bonds is 6. The van der Waals surface area contributed by atoms with E-state index in [1.807, 2.05) is 16.7 Å². The monoisotopic (exact) mass is 325 g/mol. The van der Waals surface area contributed by atoms with Crippen LogP contribution in [0.2, 0.25) is 0 Å². The summed E-state index contributed by atoms with van der Waals surface area (Å²) < 4.78 is 0. The SMILES string of the molecule is CCN(CC(=O)O)C1CCN(CC(=O)N2CCC(C)CC2)CC1. The molecule has 2 fully saturated rings. The highest BCUT2D eigenvalue weighted by Crippen LogP contribution is 2.18. The molecule has 0 atom stereocenters. The number of carboxylic acids is 1. The Bertz CT molecular complexity index is 400. The van der Waals surface area contributed by atoms with E-state index < -0.39 is 5.97 Å². The number of hydrogen-bond donors (Lipinski definition) is 1. The third-order valence-electron chi connectivity index (χ3n) is 5.31. The smallest absolute Gasteiger partial charge is 0.317 e. The van der Waals surface area contributed by atoms with E-state index in [1.165, 1.54) is 0 Å². The zero-order valence-electron chi connectivity index (χ0n) is 14.5. The molecule has 6 heteroatoms. The van der Waals surface area contributed by atoms with Crippen LogP contribution in [0.3, 0.4) is 0 Å². The Balaban J connectivity index is 1.73. The maximum atomic E-state index is 12.4. The van der Waals surface area contributed by atoms with Crippen LogP contribution in [0, 0.1) is 5.92 Å². The van der Waals surface area contributed by atoms with E-state index in [4.69, 9.17) is 5.11 Å². The zero-order chi connectivity index (χ0) is 16.8. The summed E-state index contributed by atoms with van der Waals surface area (Å²) in [6.07, 6.45) is 4.14. The van der Waals surface area contributed by atoms with Gasteiger partial charge in [0.05, 0.1) is 13.1 Å². The number of carbonyl (C=O) groups is 2. The Morgan fingerprint density at radius 1 is 1.09 bits per heavy atom. The van der Waals surface area contributed by atoms with Gasteiger partial charge in [-0.15, -0.1) is 0 Å². The van der Waals surface area contributed by atoms with Crippen LogP contribution in [0.25, 0.3) is 0 Å². The number of likely N-dealkylation sites (N-methyl/N-ethyl adjacent to an activating group) is 1. The molecule has 0 radical (unpaired) electrons. The molecule has 132 valence electrons. The highest BCUT2D eigenvalue weighted by atomic mass is 16.4. The van der Waals surface area contributed by atoms with Crippen LogP contribution < -0.4 is 0 Å². The number of piperidine rings is 2. The summed E-state index contributed by atoms with van der Waals surface area (Å²) in [5.74, 6) is 0.237. The van der Waals surface area contributed by atoms with Crippen molar-refractivity contribution in [3.8, 4) is 0 Å². The summed E-state index contributed by atoms with van der Waals surface area (Å²) >= 11 is 0. The van der Waals surface area contributed by atoms with E-state index in [1.54, 1.807) is 0 Å². The standard InChI is InChI=1S/C17H31N3O3/c1-3-19(13-17(22)23)15-6-8-18(9-7-15)12-16(21)20-10-4-14(2)5-11-20/h14-15H,3-13H2,1-2H3,(H,22,23). The van der Waals surface area contributed by atoms with Crippen molar-refractivity contribution in [3.63, 3.8) is 0 Å². The van der Waals surface area contributed by atoms with Crippen LogP contribution in [0.1, 0.15) is 39.5 Å². The normalized spacial score (nSPS) is 21.8. The molecule has 2 aliphatic rings. The van der Waals surface area contributed by atoms with Crippen LogP contribution in [0.5, 0.6) is 0 Å². The Kier molecular flexibility index (Phi) is 6.84. The number of amides is 1. The number of carbonyl (C=O) groups excluding carboxylic acids is 1. The van der Waals surface area contributed by atoms with Crippen LogP contribution in [-0.4, -0.2) is 83.5 Å². The lowest BCUT2D eigenvalue weighted by Gasteiger charge is -2.38. The molecule has 0 bridgehead atoms. The summed E-state index contributed by atoms with van der Waals surface area (Å²) in [4.78, 5) is 29.6. The minimum absolute atomic E-state index is 0.117. The summed E-state index contributed by atoms with van der Waals surface area (Å²) in [6, 6.07) is 0.332. The molecule has 0 aromatic heterocycles. The first-order valence-electron chi connectivity index (χ1n) is 8.95. The summed E-state index contributed by atoms with van der Waals surface area (Å²) in [5, 5.41) is 8.98. The minimum atomic E-state index is -0.760. The van der Waals surface area contributed by atoms with Gasteiger partial charge in [-0.05, 0) is 38.1 Å². The van der Waals surface area contributed by atoms with Gasteiger partial charge in [0.2, 0.25) is 5.91 Å². The highest BCUT2D eigenvalue weighted by Gasteiger charge is 2.27. The Morgan fingerprint density at radius 3 is 2.22 bits per heavy atom. The molecule has 1 N–H and O–H groups in total. The van der Waals surface area contributed by atoms with Gasteiger partial charge in [-0.2, -0.15) is 0 Å². The summed E-state index contributed by atoms with van der Waals surface area (Å²) in [6.45, 7) is 9.24. The van der Waals surface area contributed by atoms with Crippen LogP contribution in [0.4, 0.5) is 0 Å². The molecule has 0 unspecified atom stereocenters. The number of aliphatic carboxylic acids is 1. The molecule has 0 spiro atoms. The fraction of sp³-hybridized carbons (Fsp3) is 0.882. The Hall–Kier alpha value is -1.14. The van der Waals surface area contributed by atoms with Crippen molar-refractivity contribution < 1.29 is 14.7 Å². The molecule has 2 heterocycles. The van der Waals surface area contributed by atoms with E-state index in [-0.39, 0.29) is 12.5 Å². The quantitative estimate of drug-likeness (QED) is 0.793. The number of carboxylic acid groups (broad SMARTS) is 1. The summed E-state index contributed by atoms with van der Waals surface area (Å²) in [5.41, 5.74) is 0. The lowest BCUT2D eigenvalue weighted by Crippen LogP contribution is -2.49. The lowest BCUT2D eigenvalue weighted by molar-refractivity contribution is -0.139. The zero-order valence-corrected chi connectivity index (χ0v) is 14.5. The number of likely N-dealkylation sites (tertiary alicyclic amines) is 2. The highest BCUT2D eigenvalue weighted by molar-refractivity contribution is 5.78. The largest absolute Gasteiger partial charge is 0.480 e. The average molecular weight is 325 g/mol. The van der Waals surface area contributed by atoms with Gasteiger partial charge in [-0.1, -0.05) is 13.8 Å². The van der Waals surface area contributed by atoms with Gasteiger partial charge >= 0.3 is 5.97 Å². The average Bonchev–Trinajstić information content (AvgIpc) is 2.54. The van der Waals surface area contributed by atoms with Crippen LogP contribution in [-0.2, 0) is 9.59 Å². The molecule has 0 saturated carbocycles. The third kappa shape index (κ3) is 5.46. The fourth-order valence-corrected chi connectivity index (χ4v) is 3.66. The Labute approximate surface area is 139 Å². The van der Waals surface area contributed by atoms with Gasteiger partial charge in [0.15, 0.2) is 0 Å². The Morgan fingerprint density at radius 2 is 1.70 bits per heavy atom. The predicted octanol–water partition coefficient (Wildman–Crippen LogP) is 1.12. The van der Waals surface area contributed by atoms with Gasteiger partial charge in [-0.3, -0.25) is 19.4 Å². The molecule has 1 amide bonds. The second kappa shape index (κ2) is 8.64. The van der Waals surface area contributed by atoms with Gasteiger partial charge in [0, 0.05) is 32.2 Å². The van der Waals surface area contributed by atoms with Crippen molar-refractivity contribution in [1.29, 1.82) is 0 Å². The second-order valence-corrected chi connectivity index (χ2v) is 7.03. The first kappa shape index (κ1) is 18.2. The first-order chi connectivity index (χ1) is 11.0. The van der Waals surface area contributed by atoms with Crippen molar-refractivity contribution in [2.24, 2.45) is 5.92 Å². The van der Waals surface area contributed by atoms with Gasteiger partial charge in [0.1, 0.15) is 0 Å².